The highest BCUT2D eigenvalue weighted by Crippen LogP contribution is 2.18. The van der Waals surface area contributed by atoms with Crippen molar-refractivity contribution >= 4 is 45.3 Å². The summed E-state index contributed by atoms with van der Waals surface area (Å²) in [7, 11) is 0. The van der Waals surface area contributed by atoms with Crippen molar-refractivity contribution in [2.75, 3.05) is 10.6 Å². The monoisotopic (exact) mass is 291 g/mol. The fourth-order valence-corrected chi connectivity index (χ4v) is 2.19. The molecule has 1 heterocycles. The number of hydrogen-bond acceptors (Lipinski definition) is 4. The first-order valence-corrected chi connectivity index (χ1v) is 6.95. The highest BCUT2D eigenvalue weighted by Gasteiger charge is 2.12. The molecule has 0 aliphatic heterocycles. The van der Waals surface area contributed by atoms with E-state index in [0.717, 1.165) is 16.8 Å². The lowest BCUT2D eigenvalue weighted by molar-refractivity contribution is -0.110. The van der Waals surface area contributed by atoms with Crippen LogP contribution in [0.2, 0.25) is 0 Å². The number of carbonyl (C=O) groups excluding carboxylic acids is 1. The molecule has 1 amide bonds. The molecule has 19 heavy (non-hydrogen) atoms. The Balaban J connectivity index is 2.04. The van der Waals surface area contributed by atoms with Gasteiger partial charge in [-0.3, -0.25) is 10.1 Å². The summed E-state index contributed by atoms with van der Waals surface area (Å²) in [4.78, 5) is 16.0. The van der Waals surface area contributed by atoms with Crippen LogP contribution in [0.5, 0.6) is 0 Å². The van der Waals surface area contributed by atoms with Gasteiger partial charge in [0.05, 0.1) is 0 Å². The predicted molar refractivity (Wildman–Crippen MR) is 82.9 cm³/mol. The summed E-state index contributed by atoms with van der Waals surface area (Å²) in [5, 5.41) is 7.93. The molecule has 0 radical (unpaired) electrons. The molecule has 0 saturated heterocycles. The number of amides is 1. The molecule has 1 aromatic heterocycles. The SMILES string of the molecule is Cc1cccc(NC(=S)C(=O)Nc2nccs2)c1C. The molecular weight excluding hydrogens is 278 g/mol. The minimum absolute atomic E-state index is 0.129. The number of anilines is 2. The van der Waals surface area contributed by atoms with Gasteiger partial charge >= 0.3 is 0 Å². The van der Waals surface area contributed by atoms with Crippen LogP contribution in [-0.2, 0) is 4.79 Å². The highest BCUT2D eigenvalue weighted by molar-refractivity contribution is 7.82. The molecule has 0 fully saturated rings. The van der Waals surface area contributed by atoms with E-state index >= 15 is 0 Å². The van der Waals surface area contributed by atoms with Crippen molar-refractivity contribution in [3.8, 4) is 0 Å². The van der Waals surface area contributed by atoms with Gasteiger partial charge in [0.2, 0.25) is 0 Å². The molecule has 0 atom stereocenters. The zero-order valence-electron chi connectivity index (χ0n) is 10.6. The van der Waals surface area contributed by atoms with Crippen LogP contribution in [0.25, 0.3) is 0 Å². The Labute approximate surface area is 120 Å². The Morgan fingerprint density at radius 2 is 2.11 bits per heavy atom. The lowest BCUT2D eigenvalue weighted by Gasteiger charge is -2.11. The third-order valence-corrected chi connectivity index (χ3v) is 3.69. The molecule has 0 aliphatic carbocycles. The second-order valence-corrected chi connectivity index (χ2v) is 5.30. The van der Waals surface area contributed by atoms with Gasteiger partial charge in [-0.05, 0) is 31.0 Å². The number of benzene rings is 1. The van der Waals surface area contributed by atoms with Gasteiger partial charge < -0.3 is 5.32 Å². The van der Waals surface area contributed by atoms with Gasteiger partial charge in [0.25, 0.3) is 5.91 Å². The molecule has 0 unspecified atom stereocenters. The third kappa shape index (κ3) is 3.36. The number of nitrogens with one attached hydrogen (secondary N) is 2. The van der Waals surface area contributed by atoms with Crippen molar-refractivity contribution in [1.29, 1.82) is 0 Å². The van der Waals surface area contributed by atoms with Gasteiger partial charge in [0.1, 0.15) is 0 Å². The lowest BCUT2D eigenvalue weighted by Crippen LogP contribution is -2.27. The van der Waals surface area contributed by atoms with E-state index in [-0.39, 0.29) is 10.9 Å². The smallest absolute Gasteiger partial charge is 0.285 e. The highest BCUT2D eigenvalue weighted by atomic mass is 32.1. The number of thiocarbonyl (C=S) groups is 1. The molecule has 0 saturated carbocycles. The van der Waals surface area contributed by atoms with Crippen molar-refractivity contribution in [2.24, 2.45) is 0 Å². The summed E-state index contributed by atoms with van der Waals surface area (Å²) < 4.78 is 0. The molecule has 4 nitrogen and oxygen atoms in total. The Morgan fingerprint density at radius 1 is 1.32 bits per heavy atom. The molecule has 0 bridgehead atoms. The van der Waals surface area contributed by atoms with E-state index in [1.807, 2.05) is 32.0 Å². The minimum atomic E-state index is -0.356. The summed E-state index contributed by atoms with van der Waals surface area (Å²) in [6, 6.07) is 5.83. The molecule has 1 aromatic carbocycles. The van der Waals surface area contributed by atoms with Gasteiger partial charge in [0.15, 0.2) is 10.1 Å². The quantitative estimate of drug-likeness (QED) is 0.835. The van der Waals surface area contributed by atoms with E-state index in [0.29, 0.717) is 5.13 Å². The second kappa shape index (κ2) is 5.90. The molecule has 0 aliphatic rings. The number of rotatable bonds is 2. The standard InChI is InChI=1S/C13H13N3OS2/c1-8-4-3-5-10(9(8)2)15-12(18)11(17)16-13-14-6-7-19-13/h3-7H,1-2H3,(H,15,18)(H,14,16,17). The fraction of sp³-hybridized carbons (Fsp3) is 0.154. The van der Waals surface area contributed by atoms with Crippen LogP contribution in [-0.4, -0.2) is 15.9 Å². The fourth-order valence-electron chi connectivity index (χ4n) is 1.50. The van der Waals surface area contributed by atoms with Gasteiger partial charge in [-0.25, -0.2) is 4.98 Å². The molecule has 2 rings (SSSR count). The Bertz CT molecular complexity index is 608. The zero-order chi connectivity index (χ0) is 13.8. The van der Waals surface area contributed by atoms with E-state index in [4.69, 9.17) is 12.2 Å². The van der Waals surface area contributed by atoms with Gasteiger partial charge in [0, 0.05) is 17.3 Å². The number of aromatic nitrogens is 1. The van der Waals surface area contributed by atoms with Crippen LogP contribution in [0.3, 0.4) is 0 Å². The van der Waals surface area contributed by atoms with Crippen LogP contribution in [0.4, 0.5) is 10.8 Å². The first kappa shape index (κ1) is 13.6. The number of aryl methyl sites for hydroxylation is 1. The van der Waals surface area contributed by atoms with Crippen LogP contribution in [0.15, 0.2) is 29.8 Å². The third-order valence-electron chi connectivity index (χ3n) is 2.71. The van der Waals surface area contributed by atoms with Gasteiger partial charge in [-0.15, -0.1) is 11.3 Å². The maximum Gasteiger partial charge on any atom is 0.285 e. The van der Waals surface area contributed by atoms with Crippen molar-refractivity contribution in [3.63, 3.8) is 0 Å². The van der Waals surface area contributed by atoms with Crippen LogP contribution >= 0.6 is 23.6 Å². The normalized spacial score (nSPS) is 10.0. The summed E-state index contributed by atoms with van der Waals surface area (Å²) >= 11 is 6.44. The van der Waals surface area contributed by atoms with Crippen molar-refractivity contribution in [2.45, 2.75) is 13.8 Å². The first-order valence-electron chi connectivity index (χ1n) is 5.66. The number of hydrogen-bond donors (Lipinski definition) is 2. The number of thiazole rings is 1. The van der Waals surface area contributed by atoms with Crippen LogP contribution < -0.4 is 10.6 Å². The summed E-state index contributed by atoms with van der Waals surface area (Å²) in [5.41, 5.74) is 3.07. The van der Waals surface area contributed by atoms with Crippen LogP contribution in [0, 0.1) is 13.8 Å². The first-order chi connectivity index (χ1) is 9.08. The maximum atomic E-state index is 11.9. The van der Waals surface area contributed by atoms with E-state index in [1.165, 1.54) is 11.3 Å². The predicted octanol–water partition coefficient (Wildman–Crippen LogP) is 3.14. The number of carbonyl (C=O) groups is 1. The largest absolute Gasteiger partial charge is 0.342 e. The molecule has 6 heteroatoms. The maximum absolute atomic E-state index is 11.9. The summed E-state index contributed by atoms with van der Waals surface area (Å²) in [5.74, 6) is -0.356. The Kier molecular flexibility index (Phi) is 4.24. The topological polar surface area (TPSA) is 54.0 Å². The van der Waals surface area contributed by atoms with E-state index in [9.17, 15) is 4.79 Å². The molecular formula is C13H13N3OS2. The molecule has 2 aromatic rings. The van der Waals surface area contributed by atoms with E-state index < -0.39 is 0 Å². The van der Waals surface area contributed by atoms with Gasteiger partial charge in [-0.1, -0.05) is 24.4 Å². The minimum Gasteiger partial charge on any atom is -0.342 e. The van der Waals surface area contributed by atoms with Crippen molar-refractivity contribution in [3.05, 3.63) is 40.9 Å². The van der Waals surface area contributed by atoms with E-state index in [1.54, 1.807) is 11.6 Å². The van der Waals surface area contributed by atoms with Gasteiger partial charge in [-0.2, -0.15) is 0 Å². The number of nitrogens with zero attached hydrogens (tertiary/aromatic N) is 1. The second-order valence-electron chi connectivity index (χ2n) is 3.99. The Hall–Kier alpha value is -1.79. The van der Waals surface area contributed by atoms with Crippen molar-refractivity contribution in [1.82, 2.24) is 4.98 Å². The molecule has 2 N–H and O–H groups in total. The lowest BCUT2D eigenvalue weighted by atomic mass is 10.1. The van der Waals surface area contributed by atoms with E-state index in [2.05, 4.69) is 15.6 Å². The van der Waals surface area contributed by atoms with Crippen molar-refractivity contribution < 1.29 is 4.79 Å². The summed E-state index contributed by atoms with van der Waals surface area (Å²) in [6.07, 6.45) is 1.63. The molecule has 0 spiro atoms. The van der Waals surface area contributed by atoms with Crippen LogP contribution in [0.1, 0.15) is 11.1 Å². The average Bonchev–Trinajstić information content (AvgIpc) is 2.87. The average molecular weight is 291 g/mol. The Morgan fingerprint density at radius 3 is 2.79 bits per heavy atom. The zero-order valence-corrected chi connectivity index (χ0v) is 12.2. The summed E-state index contributed by atoms with van der Waals surface area (Å²) in [6.45, 7) is 4.00. The molecule has 98 valence electrons.